The number of thioether (sulfide) groups is 1. The minimum absolute atomic E-state index is 0. The number of nitrogens with one attached hydrogen (secondary N) is 1. The second-order valence-corrected chi connectivity index (χ2v) is 8.33. The molecular formula is C25H28ClNO3S. The average molecular weight is 458 g/mol. The molecule has 0 heterocycles. The number of aliphatic hydroxyl groups is 1. The van der Waals surface area contributed by atoms with Crippen molar-refractivity contribution < 1.29 is 15.0 Å². The van der Waals surface area contributed by atoms with Crippen LogP contribution in [0.2, 0.25) is 0 Å². The van der Waals surface area contributed by atoms with E-state index in [1.807, 2.05) is 49.4 Å². The zero-order valence-corrected chi connectivity index (χ0v) is 19.1. The number of carboxylic acids is 1. The molecule has 3 N–H and O–H groups in total. The molecule has 0 bridgehead atoms. The summed E-state index contributed by atoms with van der Waals surface area (Å²) in [5.41, 5.74) is 4.58. The average Bonchev–Trinajstić information content (AvgIpc) is 2.77. The molecule has 0 unspecified atom stereocenters. The largest absolute Gasteiger partial charge is 0.478 e. The van der Waals surface area contributed by atoms with E-state index in [0.29, 0.717) is 12.1 Å². The van der Waals surface area contributed by atoms with Crippen LogP contribution in [0.1, 0.15) is 34.5 Å². The van der Waals surface area contributed by atoms with Gasteiger partial charge in [0.25, 0.3) is 0 Å². The summed E-state index contributed by atoms with van der Waals surface area (Å²) in [5, 5.41) is 22.9. The molecule has 4 nitrogen and oxygen atoms in total. The summed E-state index contributed by atoms with van der Waals surface area (Å²) in [6.07, 6.45) is 0.369. The number of hydrogen-bond acceptors (Lipinski definition) is 4. The van der Waals surface area contributed by atoms with Gasteiger partial charge >= 0.3 is 5.97 Å². The van der Waals surface area contributed by atoms with Gasteiger partial charge in [0.05, 0.1) is 11.7 Å². The van der Waals surface area contributed by atoms with Gasteiger partial charge in [0.15, 0.2) is 0 Å². The van der Waals surface area contributed by atoms with Crippen LogP contribution in [-0.2, 0) is 6.42 Å². The maximum absolute atomic E-state index is 11.4. The van der Waals surface area contributed by atoms with Crippen molar-refractivity contribution in [1.29, 1.82) is 0 Å². The number of benzene rings is 3. The molecule has 0 radical (unpaired) electrons. The second kappa shape index (κ2) is 12.5. The lowest BCUT2D eigenvalue weighted by Crippen LogP contribution is -2.23. The van der Waals surface area contributed by atoms with Crippen molar-refractivity contribution >= 4 is 30.1 Å². The molecule has 0 aliphatic rings. The van der Waals surface area contributed by atoms with Gasteiger partial charge in [0.1, 0.15) is 0 Å². The van der Waals surface area contributed by atoms with Gasteiger partial charge in [0, 0.05) is 11.4 Å². The monoisotopic (exact) mass is 457 g/mol. The Hall–Kier alpha value is -2.31. The Bertz CT molecular complexity index is 964. The Morgan fingerprint density at radius 1 is 1.00 bits per heavy atom. The van der Waals surface area contributed by atoms with E-state index in [9.17, 15) is 15.0 Å². The molecule has 31 heavy (non-hydrogen) atoms. The molecule has 0 fully saturated rings. The highest BCUT2D eigenvalue weighted by molar-refractivity contribution is 7.99. The van der Waals surface area contributed by atoms with E-state index >= 15 is 0 Å². The minimum atomic E-state index is -0.891. The lowest BCUT2D eigenvalue weighted by atomic mass is 10.0. The molecule has 1 atom stereocenters. The SMILES string of the molecule is CCSc1cc(-c2ccc(CCNC[C@H](O)c3ccccc3)cc2)ccc1C(=O)O.Cl. The third-order valence-corrected chi connectivity index (χ3v) is 5.85. The molecule has 6 heteroatoms. The van der Waals surface area contributed by atoms with Crippen molar-refractivity contribution in [3.63, 3.8) is 0 Å². The summed E-state index contributed by atoms with van der Waals surface area (Å²) < 4.78 is 0. The highest BCUT2D eigenvalue weighted by atomic mass is 35.5. The number of halogens is 1. The van der Waals surface area contributed by atoms with E-state index in [0.717, 1.165) is 40.3 Å². The zero-order chi connectivity index (χ0) is 21.3. The van der Waals surface area contributed by atoms with Crippen LogP contribution in [0.25, 0.3) is 11.1 Å². The van der Waals surface area contributed by atoms with Crippen LogP contribution in [-0.4, -0.2) is 35.0 Å². The molecular weight excluding hydrogens is 430 g/mol. The van der Waals surface area contributed by atoms with E-state index in [2.05, 4.69) is 29.6 Å². The number of aliphatic hydroxyl groups excluding tert-OH is 1. The van der Waals surface area contributed by atoms with Gasteiger partial charge < -0.3 is 15.5 Å². The van der Waals surface area contributed by atoms with Gasteiger partial charge in [-0.3, -0.25) is 0 Å². The van der Waals surface area contributed by atoms with E-state index in [4.69, 9.17) is 0 Å². The van der Waals surface area contributed by atoms with Crippen LogP contribution < -0.4 is 5.32 Å². The summed E-state index contributed by atoms with van der Waals surface area (Å²) in [4.78, 5) is 12.2. The molecule has 0 aromatic heterocycles. The van der Waals surface area contributed by atoms with Crippen LogP contribution in [0.15, 0.2) is 77.7 Å². The van der Waals surface area contributed by atoms with E-state index in [1.165, 1.54) is 5.56 Å². The predicted molar refractivity (Wildman–Crippen MR) is 130 cm³/mol. The normalized spacial score (nSPS) is 11.5. The molecule has 0 saturated carbocycles. The second-order valence-electron chi connectivity index (χ2n) is 7.03. The summed E-state index contributed by atoms with van der Waals surface area (Å²) >= 11 is 1.55. The maximum Gasteiger partial charge on any atom is 0.336 e. The maximum atomic E-state index is 11.4. The van der Waals surface area contributed by atoms with E-state index in [-0.39, 0.29) is 12.4 Å². The highest BCUT2D eigenvalue weighted by Gasteiger charge is 2.11. The fourth-order valence-electron chi connectivity index (χ4n) is 3.28. The Kier molecular flexibility index (Phi) is 10.1. The first-order valence-corrected chi connectivity index (χ1v) is 11.1. The Morgan fingerprint density at radius 3 is 2.32 bits per heavy atom. The Balaban J connectivity index is 0.00000341. The first-order chi connectivity index (χ1) is 14.6. The van der Waals surface area contributed by atoms with Crippen LogP contribution in [0, 0.1) is 0 Å². The van der Waals surface area contributed by atoms with Crippen molar-refractivity contribution in [3.05, 3.63) is 89.5 Å². The zero-order valence-electron chi connectivity index (χ0n) is 17.5. The molecule has 3 rings (SSSR count). The first kappa shape index (κ1) is 25.0. The number of carbonyl (C=O) groups is 1. The van der Waals surface area contributed by atoms with Crippen LogP contribution in [0.3, 0.4) is 0 Å². The van der Waals surface area contributed by atoms with Gasteiger partial charge in [-0.15, -0.1) is 24.2 Å². The molecule has 0 aliphatic carbocycles. The smallest absolute Gasteiger partial charge is 0.336 e. The molecule has 164 valence electrons. The molecule has 0 amide bonds. The molecule has 3 aromatic carbocycles. The number of rotatable bonds is 10. The lowest BCUT2D eigenvalue weighted by molar-refractivity contribution is 0.0693. The predicted octanol–water partition coefficient (Wildman–Crippen LogP) is 5.45. The Labute approximate surface area is 194 Å². The van der Waals surface area contributed by atoms with Gasteiger partial charge in [-0.1, -0.05) is 67.6 Å². The third kappa shape index (κ3) is 7.11. The fraction of sp³-hybridized carbons (Fsp3) is 0.240. The summed E-state index contributed by atoms with van der Waals surface area (Å²) in [6, 6.07) is 23.5. The van der Waals surface area contributed by atoms with Crippen LogP contribution in [0.5, 0.6) is 0 Å². The third-order valence-electron chi connectivity index (χ3n) is 4.91. The molecule has 0 saturated heterocycles. The van der Waals surface area contributed by atoms with Gasteiger partial charge in [-0.2, -0.15) is 0 Å². The summed E-state index contributed by atoms with van der Waals surface area (Å²) in [6.45, 7) is 3.33. The summed E-state index contributed by atoms with van der Waals surface area (Å²) in [5.74, 6) is -0.0630. The molecule has 0 spiro atoms. The minimum Gasteiger partial charge on any atom is -0.478 e. The van der Waals surface area contributed by atoms with E-state index in [1.54, 1.807) is 17.8 Å². The quantitative estimate of drug-likeness (QED) is 0.279. The van der Waals surface area contributed by atoms with Crippen molar-refractivity contribution in [2.45, 2.75) is 24.3 Å². The highest BCUT2D eigenvalue weighted by Crippen LogP contribution is 2.29. The van der Waals surface area contributed by atoms with Crippen LogP contribution >= 0.6 is 24.2 Å². The molecule has 3 aromatic rings. The number of aromatic carboxylic acids is 1. The van der Waals surface area contributed by atoms with Crippen molar-refractivity contribution in [2.24, 2.45) is 0 Å². The fourth-order valence-corrected chi connectivity index (χ4v) is 4.11. The molecule has 0 aliphatic heterocycles. The topological polar surface area (TPSA) is 69.6 Å². The summed E-state index contributed by atoms with van der Waals surface area (Å²) in [7, 11) is 0. The van der Waals surface area contributed by atoms with Crippen molar-refractivity contribution in [3.8, 4) is 11.1 Å². The first-order valence-electron chi connectivity index (χ1n) is 10.1. The lowest BCUT2D eigenvalue weighted by Gasteiger charge is -2.12. The van der Waals surface area contributed by atoms with Crippen molar-refractivity contribution in [2.75, 3.05) is 18.8 Å². The van der Waals surface area contributed by atoms with Gasteiger partial charge in [-0.25, -0.2) is 4.79 Å². The van der Waals surface area contributed by atoms with Crippen LogP contribution in [0.4, 0.5) is 0 Å². The standard InChI is InChI=1S/C25H27NO3S.ClH/c1-2-30-24-16-21(12-13-22(24)25(28)29)19-10-8-18(9-11-19)14-15-26-17-23(27)20-6-4-3-5-7-20;/h3-13,16,23,26-27H,2,14-15,17H2,1H3,(H,28,29);1H/t23-;/m0./s1. The number of carboxylic acid groups (broad SMARTS) is 1. The number of hydrogen-bond donors (Lipinski definition) is 3. The Morgan fingerprint density at radius 2 is 1.68 bits per heavy atom. The van der Waals surface area contributed by atoms with E-state index < -0.39 is 12.1 Å². The van der Waals surface area contributed by atoms with Gasteiger partial charge in [0.2, 0.25) is 0 Å². The van der Waals surface area contributed by atoms with Crippen molar-refractivity contribution in [1.82, 2.24) is 5.32 Å². The van der Waals surface area contributed by atoms with Gasteiger partial charge in [-0.05, 0) is 53.1 Å².